The van der Waals surface area contributed by atoms with Crippen molar-refractivity contribution in [3.63, 3.8) is 0 Å². The molecule has 0 amide bonds. The molecule has 0 aromatic carbocycles. The minimum absolute atomic E-state index is 0.286. The van der Waals surface area contributed by atoms with Gasteiger partial charge in [0.2, 0.25) is 0 Å². The Morgan fingerprint density at radius 3 is 1.93 bits per heavy atom. The molecule has 1 unspecified atom stereocenters. The lowest BCUT2D eigenvalue weighted by Crippen LogP contribution is -2.56. The van der Waals surface area contributed by atoms with Crippen molar-refractivity contribution in [1.29, 1.82) is 0 Å². The lowest BCUT2D eigenvalue weighted by atomic mass is 9.91. The summed E-state index contributed by atoms with van der Waals surface area (Å²) in [6.07, 6.45) is 1.29. The summed E-state index contributed by atoms with van der Waals surface area (Å²) in [6.45, 7) is 12.9. The third kappa shape index (κ3) is 1.96. The lowest BCUT2D eigenvalue weighted by molar-refractivity contribution is 0.0361. The maximum Gasteiger partial charge on any atom is 0.0313 e. The molecule has 0 saturated carbocycles. The zero-order chi connectivity index (χ0) is 11.1. The molecule has 2 heteroatoms. The highest BCUT2D eigenvalue weighted by Crippen LogP contribution is 2.36. The Morgan fingerprint density at radius 2 is 1.71 bits per heavy atom. The van der Waals surface area contributed by atoms with Crippen molar-refractivity contribution in [3.05, 3.63) is 0 Å². The molecule has 1 atom stereocenters. The van der Waals surface area contributed by atoms with Crippen LogP contribution in [0.4, 0.5) is 0 Å². The van der Waals surface area contributed by atoms with Crippen molar-refractivity contribution >= 4 is 0 Å². The zero-order valence-corrected chi connectivity index (χ0v) is 10.9. The van der Waals surface area contributed by atoms with Crippen LogP contribution < -0.4 is 0 Å². The Kier molecular flexibility index (Phi) is 2.99. The number of rotatable bonds is 1. The van der Waals surface area contributed by atoms with Crippen LogP contribution in [0.15, 0.2) is 0 Å². The number of likely N-dealkylation sites (tertiary alicyclic amines) is 1. The van der Waals surface area contributed by atoms with Crippen LogP contribution in [0.2, 0.25) is 0 Å². The van der Waals surface area contributed by atoms with Crippen molar-refractivity contribution in [3.8, 4) is 0 Å². The molecule has 0 aromatic rings. The second-order valence-corrected chi connectivity index (χ2v) is 6.24. The van der Waals surface area contributed by atoms with Crippen LogP contribution in [0.25, 0.3) is 0 Å². The maximum absolute atomic E-state index is 2.63. The first-order chi connectivity index (χ1) is 6.17. The number of hydrogen-bond donors (Lipinski definition) is 0. The molecule has 0 aliphatic carbocycles. The van der Waals surface area contributed by atoms with Crippen LogP contribution in [0, 0.1) is 0 Å². The lowest BCUT2D eigenvalue weighted by Gasteiger charge is -2.45. The van der Waals surface area contributed by atoms with Gasteiger partial charge in [-0.1, -0.05) is 0 Å². The SMILES string of the molecule is CN(C)C1CCN(C(C)(C)C)C1(C)C. The van der Waals surface area contributed by atoms with Gasteiger partial charge in [0.05, 0.1) is 0 Å². The molecule has 0 radical (unpaired) electrons. The normalized spacial score (nSPS) is 28.7. The van der Waals surface area contributed by atoms with Gasteiger partial charge < -0.3 is 4.90 Å². The molecule has 2 nitrogen and oxygen atoms in total. The van der Waals surface area contributed by atoms with Crippen LogP contribution in [-0.4, -0.2) is 47.6 Å². The first-order valence-corrected chi connectivity index (χ1v) is 5.61. The van der Waals surface area contributed by atoms with Crippen LogP contribution in [0.5, 0.6) is 0 Å². The molecule has 1 aliphatic heterocycles. The van der Waals surface area contributed by atoms with E-state index in [4.69, 9.17) is 0 Å². The Morgan fingerprint density at radius 1 is 1.21 bits per heavy atom. The van der Waals surface area contributed by atoms with E-state index in [9.17, 15) is 0 Å². The Balaban J connectivity index is 2.86. The molecule has 14 heavy (non-hydrogen) atoms. The van der Waals surface area contributed by atoms with Crippen LogP contribution in [-0.2, 0) is 0 Å². The summed E-state index contributed by atoms with van der Waals surface area (Å²) in [6, 6.07) is 0.682. The molecule has 0 spiro atoms. The van der Waals surface area contributed by atoms with E-state index in [0.29, 0.717) is 11.6 Å². The number of likely N-dealkylation sites (N-methyl/N-ethyl adjacent to an activating group) is 1. The Labute approximate surface area is 89.3 Å². The van der Waals surface area contributed by atoms with E-state index >= 15 is 0 Å². The van der Waals surface area contributed by atoms with Gasteiger partial charge in [0.25, 0.3) is 0 Å². The average Bonchev–Trinajstić information content (AvgIpc) is 2.22. The molecule has 0 aromatic heterocycles. The van der Waals surface area contributed by atoms with E-state index in [1.165, 1.54) is 13.0 Å². The van der Waals surface area contributed by atoms with Gasteiger partial charge in [0, 0.05) is 23.7 Å². The van der Waals surface area contributed by atoms with Crippen molar-refractivity contribution < 1.29 is 0 Å². The topological polar surface area (TPSA) is 6.48 Å². The van der Waals surface area contributed by atoms with Gasteiger partial charge in [-0.25, -0.2) is 0 Å². The molecule has 1 heterocycles. The van der Waals surface area contributed by atoms with Crippen molar-refractivity contribution in [2.45, 2.75) is 58.2 Å². The summed E-state index contributed by atoms with van der Waals surface area (Å²) in [4.78, 5) is 5.00. The summed E-state index contributed by atoms with van der Waals surface area (Å²) in [5.41, 5.74) is 0.579. The molecule has 1 saturated heterocycles. The smallest absolute Gasteiger partial charge is 0.0313 e. The second kappa shape index (κ2) is 3.49. The summed E-state index contributed by atoms with van der Waals surface area (Å²) in [5, 5.41) is 0. The summed E-state index contributed by atoms with van der Waals surface area (Å²) in [7, 11) is 4.39. The Hall–Kier alpha value is -0.0800. The van der Waals surface area contributed by atoms with Gasteiger partial charge in [-0.05, 0) is 55.1 Å². The van der Waals surface area contributed by atoms with Crippen LogP contribution >= 0.6 is 0 Å². The average molecular weight is 198 g/mol. The first-order valence-electron chi connectivity index (χ1n) is 5.61. The van der Waals surface area contributed by atoms with Gasteiger partial charge in [-0.15, -0.1) is 0 Å². The molecule has 1 rings (SSSR count). The Bertz CT molecular complexity index is 201. The second-order valence-electron chi connectivity index (χ2n) is 6.24. The third-order valence-corrected chi connectivity index (χ3v) is 3.57. The predicted octanol–water partition coefficient (Wildman–Crippen LogP) is 2.20. The van der Waals surface area contributed by atoms with Gasteiger partial charge in [0.1, 0.15) is 0 Å². The van der Waals surface area contributed by atoms with Crippen molar-refractivity contribution in [2.24, 2.45) is 0 Å². The van der Waals surface area contributed by atoms with E-state index in [2.05, 4.69) is 58.5 Å². The maximum atomic E-state index is 2.63. The third-order valence-electron chi connectivity index (χ3n) is 3.57. The number of hydrogen-bond acceptors (Lipinski definition) is 2. The summed E-state index contributed by atoms with van der Waals surface area (Å²) >= 11 is 0. The minimum atomic E-state index is 0.286. The van der Waals surface area contributed by atoms with E-state index in [1.807, 2.05) is 0 Å². The van der Waals surface area contributed by atoms with Gasteiger partial charge in [0.15, 0.2) is 0 Å². The fourth-order valence-corrected chi connectivity index (χ4v) is 3.16. The molecule has 84 valence electrons. The van der Waals surface area contributed by atoms with E-state index in [0.717, 1.165) is 0 Å². The summed E-state index contributed by atoms with van der Waals surface area (Å²) < 4.78 is 0. The van der Waals surface area contributed by atoms with E-state index in [-0.39, 0.29) is 5.54 Å². The predicted molar refractivity (Wildman–Crippen MR) is 62.6 cm³/mol. The minimum Gasteiger partial charge on any atom is -0.305 e. The number of nitrogens with zero attached hydrogens (tertiary/aromatic N) is 2. The van der Waals surface area contributed by atoms with E-state index in [1.54, 1.807) is 0 Å². The molecule has 1 aliphatic rings. The van der Waals surface area contributed by atoms with Gasteiger partial charge in [-0.2, -0.15) is 0 Å². The highest BCUT2D eigenvalue weighted by molar-refractivity contribution is 5.03. The molecule has 1 fully saturated rings. The standard InChI is InChI=1S/C12H26N2/c1-11(2,3)14-9-8-10(13(6)7)12(14,4)5/h10H,8-9H2,1-7H3. The largest absolute Gasteiger partial charge is 0.305 e. The van der Waals surface area contributed by atoms with Crippen LogP contribution in [0.1, 0.15) is 41.0 Å². The highest BCUT2D eigenvalue weighted by atomic mass is 15.3. The van der Waals surface area contributed by atoms with E-state index < -0.39 is 0 Å². The quantitative estimate of drug-likeness (QED) is 0.637. The van der Waals surface area contributed by atoms with Gasteiger partial charge >= 0.3 is 0 Å². The molecule has 0 N–H and O–H groups in total. The molecule has 0 bridgehead atoms. The molecular formula is C12H26N2. The first kappa shape index (κ1) is 12.0. The van der Waals surface area contributed by atoms with Crippen LogP contribution in [0.3, 0.4) is 0 Å². The van der Waals surface area contributed by atoms with Gasteiger partial charge in [-0.3, -0.25) is 4.90 Å². The fourth-order valence-electron chi connectivity index (χ4n) is 3.16. The molecular weight excluding hydrogens is 172 g/mol. The summed E-state index contributed by atoms with van der Waals surface area (Å²) in [5.74, 6) is 0. The highest BCUT2D eigenvalue weighted by Gasteiger charge is 2.46. The fraction of sp³-hybridized carbons (Fsp3) is 1.00. The van der Waals surface area contributed by atoms with Crippen molar-refractivity contribution in [1.82, 2.24) is 9.80 Å². The monoisotopic (exact) mass is 198 g/mol. The van der Waals surface area contributed by atoms with Crippen molar-refractivity contribution in [2.75, 3.05) is 20.6 Å². The zero-order valence-electron chi connectivity index (χ0n) is 10.9.